The van der Waals surface area contributed by atoms with E-state index in [9.17, 15) is 0 Å². The number of nitrogens with one attached hydrogen (secondary N) is 1. The molecule has 0 aliphatic carbocycles. The Hall–Kier alpha value is -1.29. The fourth-order valence-corrected chi connectivity index (χ4v) is 2.65. The molecule has 2 rings (SSSR count). The number of rotatable bonds is 5. The molecule has 0 amide bonds. The Kier molecular flexibility index (Phi) is 5.02. The van der Waals surface area contributed by atoms with Gasteiger partial charge in [0.1, 0.15) is 0 Å². The second-order valence-electron chi connectivity index (χ2n) is 5.50. The van der Waals surface area contributed by atoms with E-state index in [2.05, 4.69) is 35.1 Å². The van der Waals surface area contributed by atoms with E-state index in [0.29, 0.717) is 11.9 Å². The van der Waals surface area contributed by atoms with Crippen LogP contribution >= 0.6 is 0 Å². The smallest absolute Gasteiger partial charge is 0.214 e. The average Bonchev–Trinajstić information content (AvgIpc) is 2.45. The van der Waals surface area contributed by atoms with Crippen LogP contribution < -0.4 is 15.0 Å². The molecule has 1 fully saturated rings. The molecule has 19 heavy (non-hydrogen) atoms. The summed E-state index contributed by atoms with van der Waals surface area (Å²) in [7, 11) is 1.67. The molecule has 0 bridgehead atoms. The van der Waals surface area contributed by atoms with Gasteiger partial charge in [-0.1, -0.05) is 0 Å². The minimum absolute atomic E-state index is 0.488. The largest absolute Gasteiger partial charge is 0.481 e. The van der Waals surface area contributed by atoms with Crippen molar-refractivity contribution in [2.75, 3.05) is 31.6 Å². The minimum atomic E-state index is 0.488. The lowest BCUT2D eigenvalue weighted by Gasteiger charge is -2.34. The van der Waals surface area contributed by atoms with Gasteiger partial charge in [-0.15, -0.1) is 0 Å². The Morgan fingerprint density at radius 1 is 1.42 bits per heavy atom. The van der Waals surface area contributed by atoms with Crippen LogP contribution in [0.3, 0.4) is 0 Å². The highest BCUT2D eigenvalue weighted by atomic mass is 16.5. The fraction of sp³-hybridized carbons (Fsp3) is 0.667. The van der Waals surface area contributed by atoms with Gasteiger partial charge in [-0.3, -0.25) is 0 Å². The zero-order valence-corrected chi connectivity index (χ0v) is 12.2. The molecule has 0 unspecified atom stereocenters. The second kappa shape index (κ2) is 6.75. The minimum Gasteiger partial charge on any atom is -0.481 e. The maximum absolute atomic E-state index is 5.23. The molecule has 1 aromatic heterocycles. The fourth-order valence-electron chi connectivity index (χ4n) is 2.65. The molecule has 1 N–H and O–H groups in total. The van der Waals surface area contributed by atoms with Gasteiger partial charge in [0, 0.05) is 30.5 Å². The van der Waals surface area contributed by atoms with E-state index in [1.807, 2.05) is 12.3 Å². The van der Waals surface area contributed by atoms with E-state index in [-0.39, 0.29) is 0 Å². The van der Waals surface area contributed by atoms with Crippen molar-refractivity contribution in [2.45, 2.75) is 32.7 Å². The van der Waals surface area contributed by atoms with Crippen LogP contribution in [-0.4, -0.2) is 37.8 Å². The van der Waals surface area contributed by atoms with Crippen LogP contribution in [0, 0.1) is 5.92 Å². The quantitative estimate of drug-likeness (QED) is 0.884. The summed E-state index contributed by atoms with van der Waals surface area (Å²) < 4.78 is 5.23. The molecule has 4 nitrogen and oxygen atoms in total. The molecule has 0 atom stereocenters. The van der Waals surface area contributed by atoms with Crippen LogP contribution in [0.4, 0.5) is 5.69 Å². The van der Waals surface area contributed by atoms with Crippen molar-refractivity contribution >= 4 is 5.69 Å². The van der Waals surface area contributed by atoms with Gasteiger partial charge < -0.3 is 15.0 Å². The zero-order chi connectivity index (χ0) is 13.7. The Balaban J connectivity index is 2.09. The summed E-state index contributed by atoms with van der Waals surface area (Å²) in [5, 5.41) is 3.43. The highest BCUT2D eigenvalue weighted by Gasteiger charge is 2.19. The van der Waals surface area contributed by atoms with Crippen molar-refractivity contribution in [3.8, 4) is 5.88 Å². The van der Waals surface area contributed by atoms with Gasteiger partial charge >= 0.3 is 0 Å². The summed E-state index contributed by atoms with van der Waals surface area (Å²) in [5.41, 5.74) is 1.21. The summed E-state index contributed by atoms with van der Waals surface area (Å²) in [4.78, 5) is 6.65. The molecule has 0 aromatic carbocycles. The lowest BCUT2D eigenvalue weighted by molar-refractivity contribution is 0.367. The third kappa shape index (κ3) is 3.83. The molecule has 0 saturated carbocycles. The van der Waals surface area contributed by atoms with Crippen molar-refractivity contribution in [1.29, 1.82) is 0 Å². The Labute approximate surface area is 116 Å². The van der Waals surface area contributed by atoms with E-state index >= 15 is 0 Å². The van der Waals surface area contributed by atoms with E-state index in [1.165, 1.54) is 18.5 Å². The number of hydrogen-bond acceptors (Lipinski definition) is 4. The molecule has 4 heteroatoms. The average molecular weight is 263 g/mol. The molecule has 106 valence electrons. The molecule has 1 aliphatic heterocycles. The van der Waals surface area contributed by atoms with Gasteiger partial charge in [0.25, 0.3) is 0 Å². The maximum Gasteiger partial charge on any atom is 0.214 e. The number of nitrogens with zero attached hydrogens (tertiary/aromatic N) is 2. The zero-order valence-electron chi connectivity index (χ0n) is 12.2. The summed E-state index contributed by atoms with van der Waals surface area (Å²) in [5.74, 6) is 1.47. The number of pyridine rings is 1. The summed E-state index contributed by atoms with van der Waals surface area (Å²) in [6.07, 6.45) is 4.36. The monoisotopic (exact) mass is 263 g/mol. The number of methoxy groups -OCH3 is 1. The standard InChI is InChI=1S/C15H25N3O/c1-12(2)18(11-13-4-7-16-8-5-13)14-6-9-17-15(10-14)19-3/h6,9-10,12-13,16H,4-5,7-8,11H2,1-3H3. The third-order valence-electron chi connectivity index (χ3n) is 3.80. The number of anilines is 1. The predicted molar refractivity (Wildman–Crippen MR) is 78.9 cm³/mol. The van der Waals surface area contributed by atoms with Crippen LogP contribution in [-0.2, 0) is 0 Å². The lowest BCUT2D eigenvalue weighted by atomic mass is 9.97. The first-order valence-electron chi connectivity index (χ1n) is 7.18. The summed E-state index contributed by atoms with van der Waals surface area (Å²) in [6.45, 7) is 7.90. The van der Waals surface area contributed by atoms with Gasteiger partial charge in [-0.2, -0.15) is 0 Å². The number of ether oxygens (including phenoxy) is 1. The van der Waals surface area contributed by atoms with E-state index in [1.54, 1.807) is 7.11 Å². The lowest BCUT2D eigenvalue weighted by Crippen LogP contribution is -2.39. The van der Waals surface area contributed by atoms with Gasteiger partial charge in [-0.05, 0) is 51.8 Å². The summed E-state index contributed by atoms with van der Waals surface area (Å²) >= 11 is 0. The normalized spacial score (nSPS) is 16.6. The van der Waals surface area contributed by atoms with Gasteiger partial charge in [0.05, 0.1) is 7.11 Å². The molecule has 0 spiro atoms. The number of hydrogen-bond donors (Lipinski definition) is 1. The molecular formula is C15H25N3O. The predicted octanol–water partition coefficient (Wildman–Crippen LogP) is 2.30. The molecule has 2 heterocycles. The van der Waals surface area contributed by atoms with Crippen molar-refractivity contribution in [1.82, 2.24) is 10.3 Å². The molecular weight excluding hydrogens is 238 g/mol. The molecule has 1 aliphatic rings. The first-order valence-corrected chi connectivity index (χ1v) is 7.18. The van der Waals surface area contributed by atoms with Gasteiger partial charge in [0.15, 0.2) is 0 Å². The highest BCUT2D eigenvalue weighted by molar-refractivity contribution is 5.48. The van der Waals surface area contributed by atoms with Crippen molar-refractivity contribution in [3.63, 3.8) is 0 Å². The van der Waals surface area contributed by atoms with Gasteiger partial charge in [-0.25, -0.2) is 4.98 Å². The number of piperidine rings is 1. The van der Waals surface area contributed by atoms with Gasteiger partial charge in [0.2, 0.25) is 5.88 Å². The maximum atomic E-state index is 5.23. The summed E-state index contributed by atoms with van der Waals surface area (Å²) in [6, 6.07) is 4.59. The van der Waals surface area contributed by atoms with Crippen LogP contribution in [0.15, 0.2) is 18.3 Å². The van der Waals surface area contributed by atoms with Crippen molar-refractivity contribution in [3.05, 3.63) is 18.3 Å². The third-order valence-corrected chi connectivity index (χ3v) is 3.80. The van der Waals surface area contributed by atoms with E-state index in [4.69, 9.17) is 4.74 Å². The van der Waals surface area contributed by atoms with E-state index in [0.717, 1.165) is 25.6 Å². The number of aromatic nitrogens is 1. The SMILES string of the molecule is COc1cc(N(CC2CCNCC2)C(C)C)ccn1. The topological polar surface area (TPSA) is 37.4 Å². The van der Waals surface area contributed by atoms with Crippen molar-refractivity contribution < 1.29 is 4.74 Å². The first-order chi connectivity index (χ1) is 9.20. The molecule has 1 saturated heterocycles. The van der Waals surface area contributed by atoms with Crippen LogP contribution in [0.25, 0.3) is 0 Å². The van der Waals surface area contributed by atoms with Crippen LogP contribution in [0.1, 0.15) is 26.7 Å². The Bertz CT molecular complexity index is 389. The first kappa shape index (κ1) is 14.1. The van der Waals surface area contributed by atoms with Crippen molar-refractivity contribution in [2.24, 2.45) is 5.92 Å². The molecule has 1 aromatic rings. The van der Waals surface area contributed by atoms with Crippen LogP contribution in [0.2, 0.25) is 0 Å². The Morgan fingerprint density at radius 3 is 2.79 bits per heavy atom. The second-order valence-corrected chi connectivity index (χ2v) is 5.50. The molecule has 0 radical (unpaired) electrons. The Morgan fingerprint density at radius 2 is 2.16 bits per heavy atom. The highest BCUT2D eigenvalue weighted by Crippen LogP contribution is 2.24. The van der Waals surface area contributed by atoms with E-state index < -0.39 is 0 Å². The van der Waals surface area contributed by atoms with Crippen LogP contribution in [0.5, 0.6) is 5.88 Å².